The minimum absolute atomic E-state index is 0.0562. The number of benzene rings is 1. The first-order valence-corrected chi connectivity index (χ1v) is 4.09. The molecule has 0 atom stereocenters. The highest BCUT2D eigenvalue weighted by molar-refractivity contribution is 6.05. The highest BCUT2D eigenvalue weighted by Gasteiger charge is 2.13. The molecule has 0 bridgehead atoms. The fourth-order valence-corrected chi connectivity index (χ4v) is 0.975. The molecule has 0 radical (unpaired) electrons. The Morgan fingerprint density at radius 1 is 1.27 bits per heavy atom. The molecule has 3 nitrogen and oxygen atoms in total. The third-order valence-electron chi connectivity index (χ3n) is 1.77. The number of methoxy groups -OCH3 is 1. The van der Waals surface area contributed by atoms with Gasteiger partial charge in [0.25, 0.3) is 0 Å². The molecule has 1 rings (SSSR count). The van der Waals surface area contributed by atoms with Gasteiger partial charge in [-0.3, -0.25) is 9.59 Å². The van der Waals surface area contributed by atoms with Gasteiger partial charge in [0, 0.05) is 5.56 Å². The van der Waals surface area contributed by atoms with E-state index in [0.717, 1.165) is 25.3 Å². The second kappa shape index (κ2) is 4.63. The molecule has 0 aliphatic carbocycles. The lowest BCUT2D eigenvalue weighted by atomic mass is 10.1. The van der Waals surface area contributed by atoms with Crippen molar-refractivity contribution in [3.63, 3.8) is 0 Å². The zero-order valence-corrected chi connectivity index (χ0v) is 7.92. The lowest BCUT2D eigenvalue weighted by Crippen LogP contribution is -2.09. The number of rotatable bonds is 3. The Morgan fingerprint density at radius 2 is 1.93 bits per heavy atom. The van der Waals surface area contributed by atoms with E-state index in [4.69, 9.17) is 0 Å². The van der Waals surface area contributed by atoms with E-state index in [1.54, 1.807) is 0 Å². The van der Waals surface area contributed by atoms with Crippen LogP contribution in [0.5, 0.6) is 0 Å². The van der Waals surface area contributed by atoms with Crippen molar-refractivity contribution in [1.82, 2.24) is 0 Å². The predicted octanol–water partition coefficient (Wildman–Crippen LogP) is 1.71. The van der Waals surface area contributed by atoms with Gasteiger partial charge in [0.1, 0.15) is 6.42 Å². The first-order chi connectivity index (χ1) is 7.04. The molecule has 0 spiro atoms. The fourth-order valence-electron chi connectivity index (χ4n) is 0.975. The van der Waals surface area contributed by atoms with Crippen molar-refractivity contribution < 1.29 is 23.1 Å². The van der Waals surface area contributed by atoms with E-state index >= 15 is 0 Å². The number of halogens is 2. The summed E-state index contributed by atoms with van der Waals surface area (Å²) in [6, 6.07) is 2.70. The highest BCUT2D eigenvalue weighted by atomic mass is 19.2. The maximum Gasteiger partial charge on any atom is 0.313 e. The number of hydrogen-bond donors (Lipinski definition) is 0. The first-order valence-electron chi connectivity index (χ1n) is 4.09. The average Bonchev–Trinajstić information content (AvgIpc) is 2.21. The van der Waals surface area contributed by atoms with Gasteiger partial charge in [-0.25, -0.2) is 8.78 Å². The van der Waals surface area contributed by atoms with E-state index in [2.05, 4.69) is 4.74 Å². The lowest BCUT2D eigenvalue weighted by molar-refractivity contribution is -0.139. The summed E-state index contributed by atoms with van der Waals surface area (Å²) in [6.45, 7) is 0. The van der Waals surface area contributed by atoms with Gasteiger partial charge in [-0.1, -0.05) is 0 Å². The lowest BCUT2D eigenvalue weighted by Gasteiger charge is -2.00. The van der Waals surface area contributed by atoms with Crippen molar-refractivity contribution in [2.24, 2.45) is 0 Å². The Hall–Kier alpha value is -1.78. The molecule has 0 N–H and O–H groups in total. The Bertz CT molecular complexity index is 402. The normalized spacial score (nSPS) is 9.80. The molecule has 1 aromatic carbocycles. The molecule has 0 aliphatic heterocycles. The topological polar surface area (TPSA) is 43.4 Å². The second-order valence-corrected chi connectivity index (χ2v) is 2.80. The summed E-state index contributed by atoms with van der Waals surface area (Å²) in [5.74, 6) is -3.49. The van der Waals surface area contributed by atoms with Crippen molar-refractivity contribution in [3.05, 3.63) is 35.4 Å². The molecule has 5 heteroatoms. The van der Waals surface area contributed by atoms with Gasteiger partial charge >= 0.3 is 5.97 Å². The van der Waals surface area contributed by atoms with Crippen molar-refractivity contribution in [1.29, 1.82) is 0 Å². The Kier molecular flexibility index (Phi) is 3.49. The molecule has 80 valence electrons. The number of ketones is 1. The van der Waals surface area contributed by atoms with Crippen molar-refractivity contribution in [3.8, 4) is 0 Å². The van der Waals surface area contributed by atoms with Crippen LogP contribution in [0.2, 0.25) is 0 Å². The Labute approximate surface area is 84.7 Å². The van der Waals surface area contributed by atoms with E-state index in [9.17, 15) is 18.4 Å². The molecular weight excluding hydrogens is 206 g/mol. The zero-order valence-electron chi connectivity index (χ0n) is 7.92. The summed E-state index contributed by atoms with van der Waals surface area (Å²) in [5.41, 5.74) is -0.0562. The number of esters is 1. The van der Waals surface area contributed by atoms with Crippen LogP contribution in [0.1, 0.15) is 16.8 Å². The number of ether oxygens (including phenoxy) is 1. The minimum atomic E-state index is -1.12. The second-order valence-electron chi connectivity index (χ2n) is 2.80. The Balaban J connectivity index is 2.83. The molecule has 1 aromatic rings. The molecule has 0 aliphatic rings. The summed E-state index contributed by atoms with van der Waals surface area (Å²) in [6.07, 6.45) is -0.485. The SMILES string of the molecule is COC(=O)CC(=O)c1ccc(F)c(F)c1. The van der Waals surface area contributed by atoms with Crippen LogP contribution in [-0.2, 0) is 9.53 Å². The van der Waals surface area contributed by atoms with Crippen molar-refractivity contribution >= 4 is 11.8 Å². The molecule has 0 aromatic heterocycles. The van der Waals surface area contributed by atoms with E-state index in [0.29, 0.717) is 0 Å². The molecule has 0 unspecified atom stereocenters. The molecular formula is C10H8F2O3. The largest absolute Gasteiger partial charge is 0.469 e. The fraction of sp³-hybridized carbons (Fsp3) is 0.200. The van der Waals surface area contributed by atoms with Gasteiger partial charge in [-0.05, 0) is 18.2 Å². The average molecular weight is 214 g/mol. The van der Waals surface area contributed by atoms with E-state index in [1.165, 1.54) is 0 Å². The van der Waals surface area contributed by atoms with Crippen LogP contribution in [0.25, 0.3) is 0 Å². The number of hydrogen-bond acceptors (Lipinski definition) is 3. The predicted molar refractivity (Wildman–Crippen MR) is 47.3 cm³/mol. The van der Waals surface area contributed by atoms with Crippen LogP contribution >= 0.6 is 0 Å². The van der Waals surface area contributed by atoms with Crippen molar-refractivity contribution in [2.75, 3.05) is 7.11 Å². The summed E-state index contributed by atoms with van der Waals surface area (Å²) in [4.78, 5) is 22.0. The van der Waals surface area contributed by atoms with Gasteiger partial charge in [-0.2, -0.15) is 0 Å². The molecule has 0 saturated heterocycles. The van der Waals surface area contributed by atoms with E-state index < -0.39 is 29.8 Å². The van der Waals surface area contributed by atoms with Gasteiger partial charge in [0.15, 0.2) is 17.4 Å². The van der Waals surface area contributed by atoms with Crippen LogP contribution in [0.3, 0.4) is 0 Å². The van der Waals surface area contributed by atoms with E-state index in [-0.39, 0.29) is 5.56 Å². The van der Waals surface area contributed by atoms with Crippen LogP contribution in [-0.4, -0.2) is 18.9 Å². The molecule has 0 fully saturated rings. The summed E-state index contributed by atoms with van der Waals surface area (Å²) < 4.78 is 29.5. The summed E-state index contributed by atoms with van der Waals surface area (Å²) in [5, 5.41) is 0. The number of Topliss-reactive ketones (excluding diaryl/α,β-unsaturated/α-hetero) is 1. The van der Waals surface area contributed by atoms with Crippen LogP contribution in [0, 0.1) is 11.6 Å². The van der Waals surface area contributed by atoms with Crippen LogP contribution in [0.15, 0.2) is 18.2 Å². The minimum Gasteiger partial charge on any atom is -0.469 e. The maximum absolute atomic E-state index is 12.7. The standard InChI is InChI=1S/C10H8F2O3/c1-15-10(14)5-9(13)6-2-3-7(11)8(12)4-6/h2-4H,5H2,1H3. The smallest absolute Gasteiger partial charge is 0.313 e. The van der Waals surface area contributed by atoms with Gasteiger partial charge in [0.2, 0.25) is 0 Å². The zero-order chi connectivity index (χ0) is 11.4. The molecule has 0 amide bonds. The van der Waals surface area contributed by atoms with Crippen LogP contribution in [0.4, 0.5) is 8.78 Å². The van der Waals surface area contributed by atoms with Gasteiger partial charge < -0.3 is 4.74 Å². The molecule has 0 saturated carbocycles. The van der Waals surface area contributed by atoms with Gasteiger partial charge in [0.05, 0.1) is 7.11 Å². The van der Waals surface area contributed by atoms with Crippen molar-refractivity contribution in [2.45, 2.75) is 6.42 Å². The first kappa shape index (κ1) is 11.3. The Morgan fingerprint density at radius 3 is 2.47 bits per heavy atom. The monoisotopic (exact) mass is 214 g/mol. The quantitative estimate of drug-likeness (QED) is 0.437. The van der Waals surface area contributed by atoms with E-state index in [1.807, 2.05) is 0 Å². The van der Waals surface area contributed by atoms with Gasteiger partial charge in [-0.15, -0.1) is 0 Å². The third kappa shape index (κ3) is 2.83. The van der Waals surface area contributed by atoms with Crippen LogP contribution < -0.4 is 0 Å². The summed E-state index contributed by atoms with van der Waals surface area (Å²) >= 11 is 0. The molecule has 0 heterocycles. The number of carbonyl (C=O) groups excluding carboxylic acids is 2. The molecule has 15 heavy (non-hydrogen) atoms. The highest BCUT2D eigenvalue weighted by Crippen LogP contribution is 2.10. The number of carbonyl (C=O) groups is 2. The third-order valence-corrected chi connectivity index (χ3v) is 1.77. The summed E-state index contributed by atoms with van der Waals surface area (Å²) in [7, 11) is 1.14. The maximum atomic E-state index is 12.7.